The van der Waals surface area contributed by atoms with Crippen molar-refractivity contribution in [1.82, 2.24) is 10.2 Å². The number of urea groups is 1. The van der Waals surface area contributed by atoms with E-state index in [9.17, 15) is 9.59 Å². The van der Waals surface area contributed by atoms with Crippen LogP contribution < -0.4 is 5.32 Å². The van der Waals surface area contributed by atoms with E-state index in [1.165, 1.54) is 4.90 Å². The van der Waals surface area contributed by atoms with Crippen molar-refractivity contribution >= 4 is 23.3 Å². The van der Waals surface area contributed by atoms with Crippen molar-refractivity contribution < 1.29 is 14.7 Å². The van der Waals surface area contributed by atoms with E-state index in [1.807, 2.05) is 23.8 Å². The topological polar surface area (TPSA) is 69.6 Å². The molecular weight excluding hydrogens is 252 g/mol. The van der Waals surface area contributed by atoms with E-state index < -0.39 is 12.0 Å². The van der Waals surface area contributed by atoms with Gasteiger partial charge in [-0.2, -0.15) is 11.3 Å². The predicted octanol–water partition coefficient (Wildman–Crippen LogP) is 2.14. The lowest BCUT2D eigenvalue weighted by atomic mass is 10.2. The fourth-order valence-corrected chi connectivity index (χ4v) is 2.19. The molecule has 1 aromatic heterocycles. The summed E-state index contributed by atoms with van der Waals surface area (Å²) in [5.41, 5.74) is 1.04. The smallest absolute Gasteiger partial charge is 0.326 e. The van der Waals surface area contributed by atoms with Crippen LogP contribution in [-0.4, -0.2) is 35.1 Å². The van der Waals surface area contributed by atoms with E-state index in [0.29, 0.717) is 19.4 Å². The number of rotatable bonds is 6. The average molecular weight is 270 g/mol. The van der Waals surface area contributed by atoms with Crippen molar-refractivity contribution in [2.75, 3.05) is 7.05 Å². The van der Waals surface area contributed by atoms with Crippen LogP contribution in [0.3, 0.4) is 0 Å². The summed E-state index contributed by atoms with van der Waals surface area (Å²) in [5.74, 6) is -0.992. The third-order valence-corrected chi connectivity index (χ3v) is 3.25. The molecule has 1 unspecified atom stereocenters. The molecule has 6 heteroatoms. The van der Waals surface area contributed by atoms with Crippen molar-refractivity contribution in [3.05, 3.63) is 22.4 Å². The molecule has 0 spiro atoms. The van der Waals surface area contributed by atoms with Gasteiger partial charge < -0.3 is 15.3 Å². The summed E-state index contributed by atoms with van der Waals surface area (Å²) < 4.78 is 0. The first kappa shape index (κ1) is 14.5. The fourth-order valence-electron chi connectivity index (χ4n) is 1.53. The number of amides is 2. The Hall–Kier alpha value is -1.56. The summed E-state index contributed by atoms with van der Waals surface area (Å²) in [6.07, 6.45) is 1.15. The Morgan fingerprint density at radius 1 is 1.56 bits per heavy atom. The van der Waals surface area contributed by atoms with Gasteiger partial charge in [0.05, 0.1) is 0 Å². The quantitative estimate of drug-likeness (QED) is 0.832. The average Bonchev–Trinajstić information content (AvgIpc) is 2.80. The summed E-state index contributed by atoms with van der Waals surface area (Å²) in [6.45, 7) is 2.37. The van der Waals surface area contributed by atoms with Crippen molar-refractivity contribution in [3.8, 4) is 0 Å². The number of aliphatic carboxylic acids is 1. The van der Waals surface area contributed by atoms with Crippen LogP contribution in [0.4, 0.5) is 4.79 Å². The monoisotopic (exact) mass is 270 g/mol. The van der Waals surface area contributed by atoms with Crippen molar-refractivity contribution in [3.63, 3.8) is 0 Å². The Morgan fingerprint density at radius 3 is 2.78 bits per heavy atom. The molecule has 0 aliphatic rings. The number of thiophene rings is 1. The summed E-state index contributed by atoms with van der Waals surface area (Å²) in [4.78, 5) is 24.2. The van der Waals surface area contributed by atoms with Gasteiger partial charge in [0.2, 0.25) is 0 Å². The normalized spacial score (nSPS) is 11.9. The lowest BCUT2D eigenvalue weighted by Crippen LogP contribution is -2.46. The summed E-state index contributed by atoms with van der Waals surface area (Å²) in [6, 6.07) is 0.768. The van der Waals surface area contributed by atoms with Gasteiger partial charge in [-0.3, -0.25) is 0 Å². The number of carboxylic acid groups (broad SMARTS) is 1. The van der Waals surface area contributed by atoms with Gasteiger partial charge in [0.15, 0.2) is 0 Å². The first-order valence-corrected chi connectivity index (χ1v) is 6.74. The summed E-state index contributed by atoms with van der Waals surface area (Å²) in [7, 11) is 1.65. The Labute approximate surface area is 110 Å². The molecule has 0 bridgehead atoms. The van der Waals surface area contributed by atoms with Crippen molar-refractivity contribution in [2.45, 2.75) is 32.4 Å². The number of hydrogen-bond acceptors (Lipinski definition) is 3. The molecule has 0 fully saturated rings. The Kier molecular flexibility index (Phi) is 5.64. The van der Waals surface area contributed by atoms with Crippen LogP contribution in [0.25, 0.3) is 0 Å². The first-order valence-electron chi connectivity index (χ1n) is 5.80. The zero-order chi connectivity index (χ0) is 13.5. The minimum atomic E-state index is -0.992. The highest BCUT2D eigenvalue weighted by Crippen LogP contribution is 2.08. The Morgan fingerprint density at radius 2 is 2.28 bits per heavy atom. The minimum absolute atomic E-state index is 0.359. The molecule has 1 rings (SSSR count). The van der Waals surface area contributed by atoms with Crippen LogP contribution in [0, 0.1) is 0 Å². The van der Waals surface area contributed by atoms with E-state index in [0.717, 1.165) is 5.56 Å². The van der Waals surface area contributed by atoms with Crippen molar-refractivity contribution in [2.24, 2.45) is 0 Å². The number of nitrogens with zero attached hydrogens (tertiary/aromatic N) is 1. The van der Waals surface area contributed by atoms with Gasteiger partial charge in [0.25, 0.3) is 0 Å². The van der Waals surface area contributed by atoms with Gasteiger partial charge in [-0.25, -0.2) is 9.59 Å². The van der Waals surface area contributed by atoms with Crippen LogP contribution in [-0.2, 0) is 11.3 Å². The zero-order valence-electron chi connectivity index (χ0n) is 10.5. The SMILES string of the molecule is CCCC(NC(=O)N(C)Cc1ccsc1)C(=O)O. The molecule has 0 saturated heterocycles. The molecule has 18 heavy (non-hydrogen) atoms. The standard InChI is InChI=1S/C12H18N2O3S/c1-3-4-10(11(15)16)13-12(17)14(2)7-9-5-6-18-8-9/h5-6,8,10H,3-4,7H2,1-2H3,(H,13,17)(H,15,16). The molecule has 0 saturated carbocycles. The molecule has 100 valence electrons. The van der Waals surface area contributed by atoms with Crippen LogP contribution in [0.5, 0.6) is 0 Å². The van der Waals surface area contributed by atoms with Gasteiger partial charge in [0.1, 0.15) is 6.04 Å². The molecular formula is C12H18N2O3S. The highest BCUT2D eigenvalue weighted by molar-refractivity contribution is 7.07. The number of carbonyl (C=O) groups is 2. The van der Waals surface area contributed by atoms with Crippen LogP contribution in [0.1, 0.15) is 25.3 Å². The molecule has 0 aromatic carbocycles. The number of carbonyl (C=O) groups excluding carboxylic acids is 1. The Balaban J connectivity index is 2.50. The summed E-state index contributed by atoms with van der Waals surface area (Å²) in [5, 5.41) is 15.4. The van der Waals surface area contributed by atoms with Gasteiger partial charge >= 0.3 is 12.0 Å². The molecule has 2 amide bonds. The number of hydrogen-bond donors (Lipinski definition) is 2. The summed E-state index contributed by atoms with van der Waals surface area (Å²) >= 11 is 1.57. The molecule has 0 aliphatic heterocycles. The molecule has 1 heterocycles. The highest BCUT2D eigenvalue weighted by atomic mass is 32.1. The fraction of sp³-hybridized carbons (Fsp3) is 0.500. The van der Waals surface area contributed by atoms with Gasteiger partial charge in [-0.15, -0.1) is 0 Å². The third-order valence-electron chi connectivity index (χ3n) is 2.52. The van der Waals surface area contributed by atoms with Crippen LogP contribution in [0.15, 0.2) is 16.8 Å². The second-order valence-corrected chi connectivity index (χ2v) is 4.90. The van der Waals surface area contributed by atoms with E-state index in [1.54, 1.807) is 18.4 Å². The molecule has 1 atom stereocenters. The maximum absolute atomic E-state index is 11.8. The molecule has 2 N–H and O–H groups in total. The number of carboxylic acids is 1. The highest BCUT2D eigenvalue weighted by Gasteiger charge is 2.20. The maximum Gasteiger partial charge on any atom is 0.326 e. The van der Waals surface area contributed by atoms with Gasteiger partial charge in [0, 0.05) is 13.6 Å². The molecule has 5 nitrogen and oxygen atoms in total. The number of nitrogens with one attached hydrogen (secondary N) is 1. The lowest BCUT2D eigenvalue weighted by molar-refractivity contribution is -0.139. The molecule has 0 aliphatic carbocycles. The molecule has 0 radical (unpaired) electrons. The second-order valence-electron chi connectivity index (χ2n) is 4.12. The Bertz CT molecular complexity index is 392. The largest absolute Gasteiger partial charge is 0.480 e. The van der Waals surface area contributed by atoms with E-state index in [4.69, 9.17) is 5.11 Å². The molecule has 1 aromatic rings. The maximum atomic E-state index is 11.8. The second kappa shape index (κ2) is 7.00. The van der Waals surface area contributed by atoms with E-state index in [2.05, 4.69) is 5.32 Å². The zero-order valence-corrected chi connectivity index (χ0v) is 11.4. The van der Waals surface area contributed by atoms with Gasteiger partial charge in [-0.1, -0.05) is 13.3 Å². The third kappa shape index (κ3) is 4.37. The van der Waals surface area contributed by atoms with Gasteiger partial charge in [-0.05, 0) is 28.8 Å². The predicted molar refractivity (Wildman–Crippen MR) is 70.6 cm³/mol. The minimum Gasteiger partial charge on any atom is -0.480 e. The lowest BCUT2D eigenvalue weighted by Gasteiger charge is -2.20. The van der Waals surface area contributed by atoms with Crippen molar-refractivity contribution in [1.29, 1.82) is 0 Å². The van der Waals surface area contributed by atoms with Crippen LogP contribution in [0.2, 0.25) is 0 Å². The van der Waals surface area contributed by atoms with Crippen LogP contribution >= 0.6 is 11.3 Å². The first-order chi connectivity index (χ1) is 8.54. The van der Waals surface area contributed by atoms with E-state index >= 15 is 0 Å². The van der Waals surface area contributed by atoms with E-state index in [-0.39, 0.29) is 6.03 Å².